The molecule has 14 heavy (non-hydrogen) atoms. The Hall–Kier alpha value is -0.0800. The molecule has 2 bridgehead atoms. The van der Waals surface area contributed by atoms with Crippen LogP contribution in [0.5, 0.6) is 0 Å². The van der Waals surface area contributed by atoms with Gasteiger partial charge in [-0.15, -0.1) is 0 Å². The van der Waals surface area contributed by atoms with Gasteiger partial charge in [0.25, 0.3) is 0 Å². The Morgan fingerprint density at radius 3 is 2.21 bits per heavy atom. The molecule has 2 nitrogen and oxygen atoms in total. The minimum absolute atomic E-state index is 0.762. The van der Waals surface area contributed by atoms with Gasteiger partial charge in [0.1, 0.15) is 0 Å². The van der Waals surface area contributed by atoms with Gasteiger partial charge in [0.15, 0.2) is 0 Å². The maximum Gasteiger partial charge on any atom is -0.00150 e. The standard InChI is InChI=1S/C12H22N2/c1-14-6-4-12(5-7-14)10-2-3-11(12)9-13-8-10/h10-11,13H,2-9H2,1H3. The number of nitrogens with one attached hydrogen (secondary N) is 1. The molecule has 1 N–H and O–H groups in total. The third kappa shape index (κ3) is 1.17. The Bertz CT molecular complexity index is 200. The summed E-state index contributed by atoms with van der Waals surface area (Å²) in [5.41, 5.74) is 0.762. The molecule has 80 valence electrons. The van der Waals surface area contributed by atoms with Crippen molar-refractivity contribution >= 4 is 0 Å². The molecule has 1 spiro atoms. The van der Waals surface area contributed by atoms with E-state index in [0.29, 0.717) is 0 Å². The second-order valence-corrected chi connectivity index (χ2v) is 5.67. The zero-order valence-electron chi connectivity index (χ0n) is 9.26. The van der Waals surface area contributed by atoms with Crippen molar-refractivity contribution in [3.05, 3.63) is 0 Å². The molecule has 0 radical (unpaired) electrons. The summed E-state index contributed by atoms with van der Waals surface area (Å²) in [7, 11) is 2.27. The summed E-state index contributed by atoms with van der Waals surface area (Å²) in [6.45, 7) is 5.29. The number of piperidine rings is 2. The fourth-order valence-electron chi connectivity index (χ4n) is 4.20. The predicted octanol–water partition coefficient (Wildman–Crippen LogP) is 1.33. The van der Waals surface area contributed by atoms with Gasteiger partial charge in [-0.25, -0.2) is 0 Å². The predicted molar refractivity (Wildman–Crippen MR) is 58.2 cm³/mol. The third-order valence-electron chi connectivity index (χ3n) is 5.19. The number of hydrogen-bond acceptors (Lipinski definition) is 2. The van der Waals surface area contributed by atoms with Crippen LogP contribution in [0, 0.1) is 17.3 Å². The molecule has 1 saturated carbocycles. The number of rotatable bonds is 0. The largest absolute Gasteiger partial charge is 0.316 e. The number of hydrogen-bond donors (Lipinski definition) is 1. The van der Waals surface area contributed by atoms with E-state index < -0.39 is 0 Å². The molecule has 2 saturated heterocycles. The first-order valence-electron chi connectivity index (χ1n) is 6.20. The lowest BCUT2D eigenvalue weighted by molar-refractivity contribution is 0.0200. The third-order valence-corrected chi connectivity index (χ3v) is 5.19. The van der Waals surface area contributed by atoms with E-state index >= 15 is 0 Å². The monoisotopic (exact) mass is 194 g/mol. The van der Waals surface area contributed by atoms with Crippen LogP contribution in [0.1, 0.15) is 25.7 Å². The molecule has 0 amide bonds. The molecule has 2 aliphatic heterocycles. The summed E-state index contributed by atoms with van der Waals surface area (Å²) in [5, 5.41) is 3.62. The van der Waals surface area contributed by atoms with E-state index in [1.54, 1.807) is 0 Å². The van der Waals surface area contributed by atoms with Gasteiger partial charge in [-0.1, -0.05) is 0 Å². The molecule has 1 aliphatic carbocycles. The average Bonchev–Trinajstić information content (AvgIpc) is 2.43. The molecular formula is C12H22N2. The summed E-state index contributed by atoms with van der Waals surface area (Å²) >= 11 is 0. The van der Waals surface area contributed by atoms with Crippen molar-refractivity contribution in [2.75, 3.05) is 33.2 Å². The highest BCUT2D eigenvalue weighted by Crippen LogP contribution is 2.55. The molecule has 0 aromatic heterocycles. The van der Waals surface area contributed by atoms with Crippen LogP contribution in [-0.2, 0) is 0 Å². The Labute approximate surface area is 87.0 Å². The van der Waals surface area contributed by atoms with Crippen molar-refractivity contribution in [2.24, 2.45) is 17.3 Å². The lowest BCUT2D eigenvalue weighted by atomic mass is 9.64. The van der Waals surface area contributed by atoms with Gasteiger partial charge >= 0.3 is 0 Å². The van der Waals surface area contributed by atoms with E-state index in [2.05, 4.69) is 17.3 Å². The first-order chi connectivity index (χ1) is 6.81. The average molecular weight is 194 g/mol. The molecule has 2 heteroatoms. The van der Waals surface area contributed by atoms with Gasteiger partial charge in [-0.05, 0) is 76.2 Å². The van der Waals surface area contributed by atoms with Gasteiger partial charge in [0, 0.05) is 0 Å². The zero-order chi connectivity index (χ0) is 9.60. The van der Waals surface area contributed by atoms with Crippen molar-refractivity contribution in [1.29, 1.82) is 0 Å². The van der Waals surface area contributed by atoms with Crippen LogP contribution in [-0.4, -0.2) is 38.1 Å². The minimum atomic E-state index is 0.762. The minimum Gasteiger partial charge on any atom is -0.316 e. The summed E-state index contributed by atoms with van der Waals surface area (Å²) in [4.78, 5) is 2.51. The quantitative estimate of drug-likeness (QED) is 0.626. The van der Waals surface area contributed by atoms with E-state index in [1.807, 2.05) is 0 Å². The van der Waals surface area contributed by atoms with Gasteiger partial charge in [-0.3, -0.25) is 0 Å². The Morgan fingerprint density at radius 2 is 1.64 bits per heavy atom. The fraction of sp³-hybridized carbons (Fsp3) is 1.00. The van der Waals surface area contributed by atoms with E-state index in [9.17, 15) is 0 Å². The highest BCUT2D eigenvalue weighted by Gasteiger charge is 2.52. The van der Waals surface area contributed by atoms with Crippen LogP contribution in [0.4, 0.5) is 0 Å². The molecule has 3 aliphatic rings. The lowest BCUT2D eigenvalue weighted by Crippen LogP contribution is -2.52. The smallest absolute Gasteiger partial charge is 0.00150 e. The maximum atomic E-state index is 3.62. The summed E-state index contributed by atoms with van der Waals surface area (Å²) in [5.74, 6) is 2.02. The second-order valence-electron chi connectivity index (χ2n) is 5.67. The first kappa shape index (κ1) is 9.17. The molecule has 2 unspecified atom stereocenters. The van der Waals surface area contributed by atoms with E-state index in [4.69, 9.17) is 0 Å². The van der Waals surface area contributed by atoms with Crippen molar-refractivity contribution in [3.8, 4) is 0 Å². The normalized spacial score (nSPS) is 41.8. The Morgan fingerprint density at radius 1 is 1.07 bits per heavy atom. The van der Waals surface area contributed by atoms with Gasteiger partial charge in [0.05, 0.1) is 0 Å². The van der Waals surface area contributed by atoms with E-state index in [-0.39, 0.29) is 0 Å². The molecule has 2 atom stereocenters. The lowest BCUT2D eigenvalue weighted by Gasteiger charge is -2.49. The van der Waals surface area contributed by atoms with Crippen molar-refractivity contribution in [1.82, 2.24) is 10.2 Å². The summed E-state index contributed by atoms with van der Waals surface area (Å²) in [6, 6.07) is 0. The van der Waals surface area contributed by atoms with Crippen molar-refractivity contribution in [2.45, 2.75) is 25.7 Å². The Balaban J connectivity index is 1.82. The van der Waals surface area contributed by atoms with Gasteiger partial charge < -0.3 is 10.2 Å². The van der Waals surface area contributed by atoms with E-state index in [1.165, 1.54) is 51.9 Å². The zero-order valence-corrected chi connectivity index (χ0v) is 9.26. The molecule has 0 aromatic rings. The van der Waals surface area contributed by atoms with Gasteiger partial charge in [-0.2, -0.15) is 0 Å². The van der Waals surface area contributed by atoms with Crippen molar-refractivity contribution < 1.29 is 0 Å². The molecular weight excluding hydrogens is 172 g/mol. The van der Waals surface area contributed by atoms with Crippen LogP contribution < -0.4 is 5.32 Å². The summed E-state index contributed by atoms with van der Waals surface area (Å²) < 4.78 is 0. The van der Waals surface area contributed by atoms with Crippen LogP contribution in [0.25, 0.3) is 0 Å². The highest BCUT2D eigenvalue weighted by atomic mass is 15.1. The Kier molecular flexibility index (Phi) is 2.10. The first-order valence-corrected chi connectivity index (χ1v) is 6.20. The van der Waals surface area contributed by atoms with Crippen LogP contribution in [0.3, 0.4) is 0 Å². The molecule has 3 rings (SSSR count). The fourth-order valence-corrected chi connectivity index (χ4v) is 4.20. The highest BCUT2D eigenvalue weighted by molar-refractivity contribution is 5.04. The van der Waals surface area contributed by atoms with Crippen LogP contribution in [0.15, 0.2) is 0 Å². The van der Waals surface area contributed by atoms with Gasteiger partial charge in [0.2, 0.25) is 0 Å². The van der Waals surface area contributed by atoms with E-state index in [0.717, 1.165) is 17.3 Å². The van der Waals surface area contributed by atoms with Crippen molar-refractivity contribution in [3.63, 3.8) is 0 Å². The second kappa shape index (κ2) is 3.21. The maximum absolute atomic E-state index is 3.62. The molecule has 3 fully saturated rings. The SMILES string of the molecule is CN1CCC2(CC1)C1CCC2CNC1. The molecule has 0 aromatic carbocycles. The van der Waals surface area contributed by atoms with Crippen LogP contribution in [0.2, 0.25) is 0 Å². The van der Waals surface area contributed by atoms with Crippen LogP contribution >= 0.6 is 0 Å². The number of likely N-dealkylation sites (tertiary alicyclic amines) is 1. The number of nitrogens with zero attached hydrogens (tertiary/aromatic N) is 1. The summed E-state index contributed by atoms with van der Waals surface area (Å²) in [6.07, 6.45) is 5.95. The molecule has 2 heterocycles. The topological polar surface area (TPSA) is 15.3 Å².